The lowest BCUT2D eigenvalue weighted by Gasteiger charge is -2.33. The van der Waals surface area contributed by atoms with E-state index in [9.17, 15) is 9.90 Å². The van der Waals surface area contributed by atoms with Crippen LogP contribution < -0.4 is 0 Å². The second kappa shape index (κ2) is 7.13. The van der Waals surface area contributed by atoms with Gasteiger partial charge in [-0.05, 0) is 31.6 Å². The molecule has 1 fully saturated rings. The molecule has 1 aliphatic rings. The molecule has 1 rings (SSSR count). The maximum atomic E-state index is 11.3. The number of aliphatic hydroxyl groups is 1. The molecule has 1 aliphatic heterocycles. The van der Waals surface area contributed by atoms with Gasteiger partial charge in [-0.25, -0.2) is 0 Å². The smallest absolute Gasteiger partial charge is 0.311 e. The van der Waals surface area contributed by atoms with Gasteiger partial charge in [0, 0.05) is 5.92 Å². The Hall–Kier alpha value is -0.570. The van der Waals surface area contributed by atoms with Crippen molar-refractivity contribution in [2.75, 3.05) is 6.61 Å². The van der Waals surface area contributed by atoms with Gasteiger partial charge in [-0.2, -0.15) is 0 Å². The van der Waals surface area contributed by atoms with E-state index in [2.05, 4.69) is 20.8 Å². The van der Waals surface area contributed by atoms with Gasteiger partial charge in [0.1, 0.15) is 0 Å². The summed E-state index contributed by atoms with van der Waals surface area (Å²) in [4.78, 5) is 11.3. The number of aliphatic hydroxyl groups excluding tert-OH is 1. The normalized spacial score (nSPS) is 31.8. The van der Waals surface area contributed by atoms with E-state index >= 15 is 0 Å². The fraction of sp³-hybridized carbons (Fsp3) is 0.933. The quantitative estimate of drug-likeness (QED) is 0.743. The molecule has 0 bridgehead atoms. The Balaban J connectivity index is 2.39. The molecule has 0 saturated carbocycles. The lowest BCUT2D eigenvalue weighted by Crippen LogP contribution is -2.42. The zero-order valence-electron chi connectivity index (χ0n) is 12.2. The Kier molecular flexibility index (Phi) is 6.13. The van der Waals surface area contributed by atoms with Crippen molar-refractivity contribution in [3.05, 3.63) is 0 Å². The fourth-order valence-electron chi connectivity index (χ4n) is 3.08. The van der Waals surface area contributed by atoms with Crippen LogP contribution in [0.1, 0.15) is 53.4 Å². The van der Waals surface area contributed by atoms with Gasteiger partial charge >= 0.3 is 5.97 Å². The summed E-state index contributed by atoms with van der Waals surface area (Å²) in [6.45, 7) is 8.88. The topological polar surface area (TPSA) is 46.5 Å². The minimum absolute atomic E-state index is 0.113. The van der Waals surface area contributed by atoms with Crippen LogP contribution in [-0.2, 0) is 9.53 Å². The summed E-state index contributed by atoms with van der Waals surface area (Å²) >= 11 is 0. The van der Waals surface area contributed by atoms with E-state index in [0.717, 1.165) is 12.3 Å². The average molecular weight is 256 g/mol. The second-order valence-electron chi connectivity index (χ2n) is 6.14. The van der Waals surface area contributed by atoms with Gasteiger partial charge in [0.15, 0.2) is 0 Å². The Morgan fingerprint density at radius 3 is 2.67 bits per heavy atom. The van der Waals surface area contributed by atoms with Crippen LogP contribution in [0.5, 0.6) is 0 Å². The first-order valence-corrected chi connectivity index (χ1v) is 7.30. The first-order chi connectivity index (χ1) is 8.45. The molecule has 1 N–H and O–H groups in total. The van der Waals surface area contributed by atoms with Crippen LogP contribution in [-0.4, -0.2) is 23.8 Å². The molecule has 5 atom stereocenters. The molecule has 0 aromatic rings. The molecular formula is C15H28O3. The summed E-state index contributed by atoms with van der Waals surface area (Å²) < 4.78 is 5.13. The molecule has 0 radical (unpaired) electrons. The molecule has 1 saturated heterocycles. The largest absolute Gasteiger partial charge is 0.465 e. The maximum absolute atomic E-state index is 11.3. The minimum atomic E-state index is -0.532. The minimum Gasteiger partial charge on any atom is -0.465 e. The lowest BCUT2D eigenvalue weighted by atomic mass is 9.81. The van der Waals surface area contributed by atoms with Gasteiger partial charge in [-0.1, -0.05) is 33.6 Å². The molecule has 3 heteroatoms. The van der Waals surface area contributed by atoms with Gasteiger partial charge < -0.3 is 9.84 Å². The highest BCUT2D eigenvalue weighted by atomic mass is 16.5. The van der Waals surface area contributed by atoms with Crippen LogP contribution >= 0.6 is 0 Å². The van der Waals surface area contributed by atoms with Crippen molar-refractivity contribution in [2.24, 2.45) is 23.7 Å². The Morgan fingerprint density at radius 1 is 1.39 bits per heavy atom. The third kappa shape index (κ3) is 4.27. The molecule has 3 nitrogen and oxygen atoms in total. The zero-order chi connectivity index (χ0) is 13.7. The number of carbonyl (C=O) groups is 1. The van der Waals surface area contributed by atoms with Gasteiger partial charge in [-0.15, -0.1) is 0 Å². The van der Waals surface area contributed by atoms with E-state index in [4.69, 9.17) is 4.74 Å². The number of hydrogen-bond donors (Lipinski definition) is 1. The highest BCUT2D eigenvalue weighted by Gasteiger charge is 2.36. The van der Waals surface area contributed by atoms with Crippen molar-refractivity contribution >= 4 is 5.97 Å². The number of rotatable bonds is 6. The SMILES string of the molecule is CCC[C@@H](C)C[C@H](C)CC1COC(=O)C(C)C1O. The molecule has 1 heterocycles. The first kappa shape index (κ1) is 15.5. The van der Waals surface area contributed by atoms with Crippen LogP contribution in [0, 0.1) is 23.7 Å². The number of esters is 1. The zero-order valence-corrected chi connectivity index (χ0v) is 12.2. The van der Waals surface area contributed by atoms with Crippen LogP contribution in [0.4, 0.5) is 0 Å². The predicted molar refractivity (Wildman–Crippen MR) is 72.1 cm³/mol. The maximum Gasteiger partial charge on any atom is 0.311 e. The van der Waals surface area contributed by atoms with Crippen LogP contribution in [0.25, 0.3) is 0 Å². The van der Waals surface area contributed by atoms with Crippen molar-refractivity contribution < 1.29 is 14.6 Å². The molecule has 0 aromatic heterocycles. The first-order valence-electron chi connectivity index (χ1n) is 7.30. The van der Waals surface area contributed by atoms with Crippen molar-refractivity contribution in [2.45, 2.75) is 59.5 Å². The number of ether oxygens (including phenoxy) is 1. The number of hydrogen-bond acceptors (Lipinski definition) is 3. The summed E-state index contributed by atoms with van der Waals surface area (Å²) in [6.07, 6.45) is 4.11. The van der Waals surface area contributed by atoms with Gasteiger partial charge in [0.2, 0.25) is 0 Å². The Labute approximate surface area is 111 Å². The van der Waals surface area contributed by atoms with Gasteiger partial charge in [-0.3, -0.25) is 4.79 Å². The average Bonchev–Trinajstić information content (AvgIpc) is 2.30. The summed E-state index contributed by atoms with van der Waals surface area (Å²) in [5, 5.41) is 10.1. The van der Waals surface area contributed by atoms with E-state index in [1.54, 1.807) is 6.92 Å². The molecule has 0 amide bonds. The highest BCUT2D eigenvalue weighted by molar-refractivity contribution is 5.73. The van der Waals surface area contributed by atoms with E-state index < -0.39 is 6.10 Å². The summed E-state index contributed by atoms with van der Waals surface area (Å²) in [5.41, 5.74) is 0. The predicted octanol–water partition coefficient (Wildman–Crippen LogP) is 3.01. The van der Waals surface area contributed by atoms with Gasteiger partial charge in [0.05, 0.1) is 18.6 Å². The van der Waals surface area contributed by atoms with Crippen molar-refractivity contribution in [1.29, 1.82) is 0 Å². The monoisotopic (exact) mass is 256 g/mol. The molecule has 0 aromatic carbocycles. The third-order valence-corrected chi connectivity index (χ3v) is 4.10. The summed E-state index contributed by atoms with van der Waals surface area (Å²) in [7, 11) is 0. The summed E-state index contributed by atoms with van der Waals surface area (Å²) in [5.74, 6) is 0.803. The molecular weight excluding hydrogens is 228 g/mol. The van der Waals surface area contributed by atoms with E-state index in [0.29, 0.717) is 12.5 Å². The van der Waals surface area contributed by atoms with E-state index in [1.165, 1.54) is 19.3 Å². The van der Waals surface area contributed by atoms with Crippen molar-refractivity contribution in [1.82, 2.24) is 0 Å². The summed E-state index contributed by atoms with van der Waals surface area (Å²) in [6, 6.07) is 0. The molecule has 0 spiro atoms. The second-order valence-corrected chi connectivity index (χ2v) is 6.14. The molecule has 18 heavy (non-hydrogen) atoms. The number of carbonyl (C=O) groups excluding carboxylic acids is 1. The Bertz CT molecular complexity index is 264. The van der Waals surface area contributed by atoms with E-state index in [1.807, 2.05) is 0 Å². The lowest BCUT2D eigenvalue weighted by molar-refractivity contribution is -0.166. The molecule has 0 aliphatic carbocycles. The van der Waals surface area contributed by atoms with Crippen molar-refractivity contribution in [3.63, 3.8) is 0 Å². The van der Waals surface area contributed by atoms with Crippen LogP contribution in [0.15, 0.2) is 0 Å². The third-order valence-electron chi connectivity index (χ3n) is 4.10. The standard InChI is InChI=1S/C15H28O3/c1-5-6-10(2)7-11(3)8-13-9-18-15(17)12(4)14(13)16/h10-14,16H,5-9H2,1-4H3/t10-,11+,12?,13?,14?/m1/s1. The fourth-order valence-corrected chi connectivity index (χ4v) is 3.08. The molecule has 3 unspecified atom stereocenters. The Morgan fingerprint density at radius 2 is 2.06 bits per heavy atom. The van der Waals surface area contributed by atoms with E-state index in [-0.39, 0.29) is 17.8 Å². The van der Waals surface area contributed by atoms with Crippen LogP contribution in [0.3, 0.4) is 0 Å². The number of cyclic esters (lactones) is 1. The highest BCUT2D eigenvalue weighted by Crippen LogP contribution is 2.29. The van der Waals surface area contributed by atoms with Crippen molar-refractivity contribution in [3.8, 4) is 0 Å². The van der Waals surface area contributed by atoms with Gasteiger partial charge in [0.25, 0.3) is 0 Å². The molecule has 106 valence electrons. The van der Waals surface area contributed by atoms with Crippen LogP contribution in [0.2, 0.25) is 0 Å².